The van der Waals surface area contributed by atoms with Crippen molar-refractivity contribution in [2.75, 3.05) is 16.8 Å². The molecule has 5 rings (SSSR count). The van der Waals surface area contributed by atoms with Crippen molar-refractivity contribution in [2.24, 2.45) is 0 Å². The topological polar surface area (TPSA) is 113 Å². The number of fused-ring (bicyclic) bond motifs is 1. The highest BCUT2D eigenvalue weighted by Gasteiger charge is 2.32. The van der Waals surface area contributed by atoms with Gasteiger partial charge < -0.3 is 24.9 Å². The molecule has 4 aromatic rings. The van der Waals surface area contributed by atoms with E-state index in [-0.39, 0.29) is 12.5 Å². The van der Waals surface area contributed by atoms with Gasteiger partial charge in [0.25, 0.3) is 5.91 Å². The molecule has 3 N–H and O–H groups in total. The Morgan fingerprint density at radius 1 is 1.14 bits per heavy atom. The summed E-state index contributed by atoms with van der Waals surface area (Å²) in [6.45, 7) is 5.23. The maximum Gasteiger partial charge on any atom is 0.261 e. The summed E-state index contributed by atoms with van der Waals surface area (Å²) >= 11 is 0. The van der Waals surface area contributed by atoms with E-state index in [0.717, 1.165) is 5.56 Å². The molecule has 36 heavy (non-hydrogen) atoms. The van der Waals surface area contributed by atoms with E-state index in [1.807, 2.05) is 69.3 Å². The van der Waals surface area contributed by atoms with E-state index < -0.39 is 11.8 Å². The number of aromatic nitrogens is 3. The zero-order valence-electron chi connectivity index (χ0n) is 20.2. The van der Waals surface area contributed by atoms with Gasteiger partial charge in [-0.25, -0.2) is 4.98 Å². The molecule has 1 amide bonds. The Labute approximate surface area is 208 Å². The number of anilines is 3. The molecule has 1 aliphatic heterocycles. The summed E-state index contributed by atoms with van der Waals surface area (Å²) in [6, 6.07) is 15.9. The van der Waals surface area contributed by atoms with Crippen molar-refractivity contribution in [1.82, 2.24) is 15.0 Å². The summed E-state index contributed by atoms with van der Waals surface area (Å²) in [5.74, 6) is 0.940. The number of carbonyl (C=O) groups is 1. The molecule has 0 bridgehead atoms. The zero-order valence-corrected chi connectivity index (χ0v) is 20.2. The average molecular weight is 486 g/mol. The first-order chi connectivity index (χ1) is 17.3. The van der Waals surface area contributed by atoms with Crippen LogP contribution in [0.1, 0.15) is 41.4 Å². The van der Waals surface area contributed by atoms with Gasteiger partial charge in [0.1, 0.15) is 5.82 Å². The van der Waals surface area contributed by atoms with Crippen molar-refractivity contribution in [3.05, 3.63) is 89.9 Å². The Kier molecular flexibility index (Phi) is 6.07. The van der Waals surface area contributed by atoms with Gasteiger partial charge in [-0.3, -0.25) is 9.69 Å². The number of hydrogen-bond acceptors (Lipinski definition) is 7. The SMILES string of the molecule is Cc1cnc(Nc2ccc3c(c2)OC(C)(C)O3)nc1N(C(=O)c1cc[nH]c1)C(CO)c1ccccc1. The van der Waals surface area contributed by atoms with Gasteiger partial charge in [-0.2, -0.15) is 4.98 Å². The second-order valence-corrected chi connectivity index (χ2v) is 8.97. The van der Waals surface area contributed by atoms with Gasteiger partial charge in [-0.1, -0.05) is 30.3 Å². The van der Waals surface area contributed by atoms with Gasteiger partial charge >= 0.3 is 0 Å². The average Bonchev–Trinajstić information content (AvgIpc) is 3.50. The van der Waals surface area contributed by atoms with Gasteiger partial charge in [-0.05, 0) is 30.7 Å². The first-order valence-corrected chi connectivity index (χ1v) is 11.6. The Morgan fingerprint density at radius 2 is 1.92 bits per heavy atom. The molecule has 3 heterocycles. The Hall–Kier alpha value is -4.37. The monoisotopic (exact) mass is 485 g/mol. The molecule has 0 aliphatic carbocycles. The quantitative estimate of drug-likeness (QED) is 0.346. The molecule has 9 heteroatoms. The summed E-state index contributed by atoms with van der Waals surface area (Å²) in [5, 5.41) is 13.6. The number of aromatic amines is 1. The molecule has 184 valence electrons. The van der Waals surface area contributed by atoms with Crippen molar-refractivity contribution in [2.45, 2.75) is 32.6 Å². The lowest BCUT2D eigenvalue weighted by atomic mass is 10.0. The van der Waals surface area contributed by atoms with Crippen LogP contribution in [0, 0.1) is 6.92 Å². The van der Waals surface area contributed by atoms with Gasteiger partial charge in [0.05, 0.1) is 18.2 Å². The summed E-state index contributed by atoms with van der Waals surface area (Å²) < 4.78 is 11.6. The van der Waals surface area contributed by atoms with Crippen LogP contribution in [0.25, 0.3) is 0 Å². The molecule has 0 radical (unpaired) electrons. The third-order valence-electron chi connectivity index (χ3n) is 5.82. The number of rotatable bonds is 7. The maximum absolute atomic E-state index is 13.7. The van der Waals surface area contributed by atoms with Crippen molar-refractivity contribution >= 4 is 23.4 Å². The van der Waals surface area contributed by atoms with E-state index in [9.17, 15) is 9.90 Å². The number of nitrogens with one attached hydrogen (secondary N) is 2. The molecular formula is C27H27N5O4. The van der Waals surface area contributed by atoms with Gasteiger partial charge in [0, 0.05) is 49.8 Å². The summed E-state index contributed by atoms with van der Waals surface area (Å²) in [4.78, 5) is 27.2. The normalized spacial score (nSPS) is 14.3. The smallest absolute Gasteiger partial charge is 0.261 e. The largest absolute Gasteiger partial charge is 0.449 e. The molecule has 0 saturated carbocycles. The molecule has 1 atom stereocenters. The number of amides is 1. The fraction of sp³-hybridized carbons (Fsp3) is 0.222. The minimum Gasteiger partial charge on any atom is -0.449 e. The minimum atomic E-state index is -0.732. The van der Waals surface area contributed by atoms with Crippen molar-refractivity contribution in [3.8, 4) is 11.5 Å². The molecule has 2 aromatic carbocycles. The van der Waals surface area contributed by atoms with E-state index in [4.69, 9.17) is 14.5 Å². The lowest BCUT2D eigenvalue weighted by molar-refractivity contribution is -0.0431. The van der Waals surface area contributed by atoms with Crippen molar-refractivity contribution in [1.29, 1.82) is 0 Å². The van der Waals surface area contributed by atoms with Crippen LogP contribution in [-0.4, -0.2) is 38.4 Å². The Balaban J connectivity index is 1.52. The highest BCUT2D eigenvalue weighted by atomic mass is 16.7. The van der Waals surface area contributed by atoms with Crippen LogP contribution in [0.4, 0.5) is 17.5 Å². The number of aliphatic hydroxyl groups excluding tert-OH is 1. The van der Waals surface area contributed by atoms with E-state index >= 15 is 0 Å². The Bertz CT molecular complexity index is 1370. The molecule has 0 fully saturated rings. The van der Waals surface area contributed by atoms with Gasteiger partial charge in [0.2, 0.25) is 11.7 Å². The first kappa shape index (κ1) is 23.4. The fourth-order valence-corrected chi connectivity index (χ4v) is 4.16. The number of hydrogen-bond donors (Lipinski definition) is 3. The second-order valence-electron chi connectivity index (χ2n) is 8.97. The fourth-order valence-electron chi connectivity index (χ4n) is 4.16. The highest BCUT2D eigenvalue weighted by molar-refractivity contribution is 6.06. The molecule has 0 spiro atoms. The van der Waals surface area contributed by atoms with E-state index in [1.165, 1.54) is 4.90 Å². The standard InChI is InChI=1S/C27H27N5O4/c1-17-14-29-26(30-20-9-10-22-23(13-20)36-27(2,3)35-22)31-24(17)32(25(34)19-11-12-28-15-19)21(16-33)18-7-5-4-6-8-18/h4-15,21,28,33H,16H2,1-3H3,(H,29,30,31). The third kappa shape index (κ3) is 4.60. The number of ether oxygens (including phenoxy) is 2. The molecule has 1 aliphatic rings. The molecule has 1 unspecified atom stereocenters. The van der Waals surface area contributed by atoms with Crippen LogP contribution < -0.4 is 19.7 Å². The summed E-state index contributed by atoms with van der Waals surface area (Å²) in [7, 11) is 0. The molecular weight excluding hydrogens is 458 g/mol. The van der Waals surface area contributed by atoms with Crippen LogP contribution >= 0.6 is 0 Å². The number of H-pyrrole nitrogens is 1. The number of nitrogens with zero attached hydrogens (tertiary/aromatic N) is 3. The van der Waals surface area contributed by atoms with Crippen molar-refractivity contribution in [3.63, 3.8) is 0 Å². The first-order valence-electron chi connectivity index (χ1n) is 11.6. The predicted octanol–water partition coefficient (Wildman–Crippen LogP) is 4.74. The number of benzene rings is 2. The van der Waals surface area contributed by atoms with E-state index in [1.54, 1.807) is 24.7 Å². The minimum absolute atomic E-state index is 0.287. The summed E-state index contributed by atoms with van der Waals surface area (Å²) in [5.41, 5.74) is 2.63. The van der Waals surface area contributed by atoms with Gasteiger partial charge in [0.15, 0.2) is 11.5 Å². The maximum atomic E-state index is 13.7. The zero-order chi connectivity index (χ0) is 25.3. The number of carbonyl (C=O) groups excluding carboxylic acids is 1. The lowest BCUT2D eigenvalue weighted by Gasteiger charge is -2.31. The van der Waals surface area contributed by atoms with Crippen LogP contribution in [-0.2, 0) is 0 Å². The molecule has 0 saturated heterocycles. The van der Waals surface area contributed by atoms with E-state index in [0.29, 0.717) is 40.1 Å². The second kappa shape index (κ2) is 9.35. The number of aryl methyl sites for hydroxylation is 1. The third-order valence-corrected chi connectivity index (χ3v) is 5.82. The van der Waals surface area contributed by atoms with Crippen LogP contribution in [0.2, 0.25) is 0 Å². The van der Waals surface area contributed by atoms with Crippen LogP contribution in [0.3, 0.4) is 0 Å². The number of aliphatic hydroxyl groups is 1. The predicted molar refractivity (Wildman–Crippen MR) is 136 cm³/mol. The lowest BCUT2D eigenvalue weighted by Crippen LogP contribution is -2.38. The highest BCUT2D eigenvalue weighted by Crippen LogP contribution is 2.41. The molecule has 9 nitrogen and oxygen atoms in total. The van der Waals surface area contributed by atoms with Crippen LogP contribution in [0.5, 0.6) is 11.5 Å². The Morgan fingerprint density at radius 3 is 2.64 bits per heavy atom. The molecule has 2 aromatic heterocycles. The van der Waals surface area contributed by atoms with Crippen molar-refractivity contribution < 1.29 is 19.4 Å². The van der Waals surface area contributed by atoms with Gasteiger partial charge in [-0.15, -0.1) is 0 Å². The van der Waals surface area contributed by atoms with Crippen LogP contribution in [0.15, 0.2) is 73.2 Å². The van der Waals surface area contributed by atoms with E-state index in [2.05, 4.69) is 15.3 Å². The summed E-state index contributed by atoms with van der Waals surface area (Å²) in [6.07, 6.45) is 4.96.